The summed E-state index contributed by atoms with van der Waals surface area (Å²) < 4.78 is 36.3. The third-order valence-electron chi connectivity index (χ3n) is 16.5. The lowest BCUT2D eigenvalue weighted by Gasteiger charge is -2.61. The van der Waals surface area contributed by atoms with Crippen LogP contribution in [0, 0.1) is 69.8 Å². The van der Waals surface area contributed by atoms with E-state index in [1.54, 1.807) is 26.8 Å². The van der Waals surface area contributed by atoms with Gasteiger partial charge in [0.05, 0.1) is 24.5 Å². The number of fused-ring (bicyclic) bond motifs is 5. The summed E-state index contributed by atoms with van der Waals surface area (Å²) in [6, 6.07) is 0.184. The van der Waals surface area contributed by atoms with Crippen molar-refractivity contribution in [3.63, 3.8) is 0 Å². The van der Waals surface area contributed by atoms with E-state index in [-0.39, 0.29) is 60.2 Å². The largest absolute Gasteiger partial charge is 0.462 e. The van der Waals surface area contributed by atoms with E-state index in [0.717, 1.165) is 23.8 Å². The van der Waals surface area contributed by atoms with Gasteiger partial charge in [0.15, 0.2) is 11.6 Å². The Kier molecular flexibility index (Phi) is 18.3. The fraction of sp³-hybridized carbons (Fsp3) is 0.731. The van der Waals surface area contributed by atoms with Gasteiger partial charge in [0.2, 0.25) is 17.7 Å². The molecular weight excluding hydrogens is 879 g/mol. The van der Waals surface area contributed by atoms with E-state index in [1.165, 1.54) is 6.92 Å². The van der Waals surface area contributed by atoms with Crippen LogP contribution >= 0.6 is 0 Å². The minimum absolute atomic E-state index is 0.00780. The number of Topliss-reactive ketones (excluding diaryl/α,β-unsaturated/α-hetero) is 1. The zero-order valence-electron chi connectivity index (χ0n) is 41.4. The van der Waals surface area contributed by atoms with Crippen LogP contribution in [0.5, 0.6) is 0 Å². The molecule has 13 atom stereocenters. The van der Waals surface area contributed by atoms with Gasteiger partial charge in [0, 0.05) is 36.8 Å². The highest BCUT2D eigenvalue weighted by Gasteiger charge is 2.69. The smallest absolute Gasteiger partial charge is 0.309 e. The predicted molar refractivity (Wildman–Crippen MR) is 251 cm³/mol. The van der Waals surface area contributed by atoms with Gasteiger partial charge in [-0.3, -0.25) is 28.8 Å². The normalized spacial score (nSPS) is 29.3. The fourth-order valence-electron chi connectivity index (χ4n) is 12.9. The van der Waals surface area contributed by atoms with Crippen molar-refractivity contribution in [2.45, 2.75) is 162 Å². The van der Waals surface area contributed by atoms with Gasteiger partial charge in [0.1, 0.15) is 36.0 Å². The van der Waals surface area contributed by atoms with E-state index in [9.17, 15) is 52.9 Å². The number of esters is 1. The second kappa shape index (κ2) is 22.7. The van der Waals surface area contributed by atoms with Crippen LogP contribution < -0.4 is 21.7 Å². The van der Waals surface area contributed by atoms with E-state index in [2.05, 4.69) is 22.9 Å². The summed E-state index contributed by atoms with van der Waals surface area (Å²) in [6.45, 7) is 13.1. The summed E-state index contributed by atoms with van der Waals surface area (Å²) in [7, 11) is 0. The maximum Gasteiger partial charge on any atom is 0.309 e. The molecule has 1 aromatic carbocycles. The van der Waals surface area contributed by atoms with Crippen molar-refractivity contribution in [1.29, 1.82) is 0 Å². The average molecular weight is 957 g/mol. The van der Waals surface area contributed by atoms with Crippen molar-refractivity contribution in [2.75, 3.05) is 19.8 Å². The number of rotatable bonds is 22. The van der Waals surface area contributed by atoms with Crippen molar-refractivity contribution in [3.8, 4) is 0 Å². The first kappa shape index (κ1) is 54.8. The Morgan fingerprint density at radius 2 is 1.56 bits per heavy atom. The monoisotopic (exact) mass is 957 g/mol. The van der Waals surface area contributed by atoms with Crippen molar-refractivity contribution in [1.82, 2.24) is 16.0 Å². The van der Waals surface area contributed by atoms with Gasteiger partial charge in [-0.25, -0.2) is 8.78 Å². The Hall–Kier alpha value is -4.12. The highest BCUT2D eigenvalue weighted by Crippen LogP contribution is 2.68. The van der Waals surface area contributed by atoms with Crippen LogP contribution in [0.3, 0.4) is 0 Å². The summed E-state index contributed by atoms with van der Waals surface area (Å²) in [5.41, 5.74) is 3.50. The Morgan fingerprint density at radius 3 is 2.15 bits per heavy atom. The van der Waals surface area contributed by atoms with E-state index < -0.39 is 113 Å². The van der Waals surface area contributed by atoms with Crippen LogP contribution in [0.1, 0.15) is 132 Å². The van der Waals surface area contributed by atoms with Gasteiger partial charge < -0.3 is 41.7 Å². The number of nitrogens with one attached hydrogen (secondary N) is 3. The molecule has 0 heterocycles. The molecule has 68 heavy (non-hydrogen) atoms. The molecule has 0 bridgehead atoms. The molecule has 0 aliphatic heterocycles. The zero-order chi connectivity index (χ0) is 50.5. The van der Waals surface area contributed by atoms with Gasteiger partial charge in [-0.05, 0) is 130 Å². The van der Waals surface area contributed by atoms with Crippen LogP contribution in [0.25, 0.3) is 0 Å². The maximum atomic E-state index is 15.0. The van der Waals surface area contributed by atoms with Crippen molar-refractivity contribution in [2.24, 2.45) is 63.9 Å². The average Bonchev–Trinajstić information content (AvgIpc) is 3.54. The number of benzene rings is 1. The number of aliphatic hydroxyl groups is 3. The number of ether oxygens (including phenoxy) is 1. The van der Waals surface area contributed by atoms with E-state index in [4.69, 9.17) is 10.5 Å². The molecular formula is C52H78F2N4O10. The molecule has 4 aliphatic rings. The first-order chi connectivity index (χ1) is 31.9. The molecule has 0 unspecified atom stereocenters. The maximum absolute atomic E-state index is 15.0. The Morgan fingerprint density at radius 1 is 0.897 bits per heavy atom. The predicted octanol–water partition coefficient (Wildman–Crippen LogP) is 5.02. The zero-order valence-corrected chi connectivity index (χ0v) is 41.4. The Bertz CT molecular complexity index is 2030. The first-order valence-electron chi connectivity index (χ1n) is 24.9. The number of halogens is 2. The Balaban J connectivity index is 1.53. The quantitative estimate of drug-likeness (QED) is 0.0603. The molecule has 380 valence electrons. The first-order valence-corrected chi connectivity index (χ1v) is 24.9. The number of nitrogens with two attached hydrogens (primary N) is 1. The van der Waals surface area contributed by atoms with Crippen LogP contribution in [0.15, 0.2) is 29.8 Å². The third-order valence-corrected chi connectivity index (χ3v) is 16.5. The van der Waals surface area contributed by atoms with Crippen molar-refractivity contribution < 1.29 is 57.6 Å². The molecule has 0 aromatic heterocycles. The van der Waals surface area contributed by atoms with Gasteiger partial charge in [-0.2, -0.15) is 0 Å². The van der Waals surface area contributed by atoms with E-state index in [0.29, 0.717) is 64.3 Å². The number of allylic oxidation sites excluding steroid dienone is 1. The molecule has 14 nitrogen and oxygen atoms in total. The lowest BCUT2D eigenvalue weighted by Crippen LogP contribution is -2.62. The minimum atomic E-state index is -1.88. The summed E-state index contributed by atoms with van der Waals surface area (Å²) >= 11 is 0. The highest BCUT2D eigenvalue weighted by atomic mass is 19.1. The van der Waals surface area contributed by atoms with Crippen molar-refractivity contribution >= 4 is 35.3 Å². The molecule has 16 heteroatoms. The van der Waals surface area contributed by atoms with Crippen LogP contribution in [0.2, 0.25) is 0 Å². The number of carbonyl (C=O) groups excluding carboxylic acids is 6. The Labute approximate surface area is 400 Å². The van der Waals surface area contributed by atoms with Crippen LogP contribution in [-0.4, -0.2) is 100 Å². The molecule has 3 amide bonds. The number of amides is 3. The van der Waals surface area contributed by atoms with Crippen LogP contribution in [0.4, 0.5) is 8.78 Å². The summed E-state index contributed by atoms with van der Waals surface area (Å²) in [5, 5.41) is 42.1. The second-order valence-corrected chi connectivity index (χ2v) is 21.8. The molecule has 0 radical (unpaired) electrons. The third kappa shape index (κ3) is 11.7. The fourth-order valence-corrected chi connectivity index (χ4v) is 12.9. The number of hydrogen-bond donors (Lipinski definition) is 7. The standard InChI is InChI=1S/C52H78F2N4O10/c1-28(2)19-41(57-48(65)46(29(3)4)56-31(6)61)38(11-9-10-18-55)47(64)58-42(26-59)39(22-32-20-34(53)24-35(54)21-32)30(5)49(66)68-43-25-51(8)40(15-17-52(51,67)44(63)27-60)37-13-12-33-23-36(62)14-16-50(33,7)45(37)43/h20-21,23-24,28-30,37-43,45-46,59-60,67H,9-19,22,25-27,55H2,1-8H3,(H,56,61)(H,57,65)(H,58,64)/t30-,37-,38+,39+,40-,41-,42-,43-,45+,46-,50-,51-,52-/m0/s1. The molecule has 3 saturated carbocycles. The molecule has 0 saturated heterocycles. The molecule has 3 fully saturated rings. The lowest BCUT2D eigenvalue weighted by molar-refractivity contribution is -0.199. The van der Waals surface area contributed by atoms with Gasteiger partial charge in [-0.1, -0.05) is 60.5 Å². The SMILES string of the molecule is CC(=O)N[C@H](C(=O)N[C@@H](CC(C)C)[C@@H](CCCCN)C(=O)N[C@@H](CO)[C@H](Cc1cc(F)cc(F)c1)[C@H](C)C(=O)O[C@H]1C[C@@]2(C)[C@@H](CC[C@]2(O)C(=O)CO)[C@@H]2CCC3=CC(=O)CC[C@]3(C)[C@H]21)C(C)C. The second-order valence-electron chi connectivity index (χ2n) is 21.8. The van der Waals surface area contributed by atoms with Crippen LogP contribution in [-0.2, 0) is 39.9 Å². The van der Waals surface area contributed by atoms with Gasteiger partial charge >= 0.3 is 5.97 Å². The lowest BCUT2D eigenvalue weighted by atomic mass is 9.45. The van der Waals surface area contributed by atoms with Crippen molar-refractivity contribution in [3.05, 3.63) is 47.0 Å². The molecule has 5 rings (SSSR count). The molecule has 8 N–H and O–H groups in total. The molecule has 0 spiro atoms. The molecule has 1 aromatic rings. The molecule has 4 aliphatic carbocycles. The number of hydrogen-bond acceptors (Lipinski definition) is 11. The van der Waals surface area contributed by atoms with Gasteiger partial charge in [0.25, 0.3) is 0 Å². The number of aliphatic hydroxyl groups excluding tert-OH is 2. The minimum Gasteiger partial charge on any atom is -0.462 e. The summed E-state index contributed by atoms with van der Waals surface area (Å²) in [6.07, 6.45) is 5.27. The topological polar surface area (TPSA) is 234 Å². The number of unbranched alkanes of at least 4 members (excludes halogenated alkanes) is 1. The van der Waals surface area contributed by atoms with E-state index in [1.807, 2.05) is 20.8 Å². The van der Waals surface area contributed by atoms with Gasteiger partial charge in [-0.15, -0.1) is 0 Å². The summed E-state index contributed by atoms with van der Waals surface area (Å²) in [4.78, 5) is 81.8. The number of carbonyl (C=O) groups is 6. The van der Waals surface area contributed by atoms with E-state index >= 15 is 0 Å². The highest BCUT2D eigenvalue weighted by molar-refractivity contribution is 5.92. The number of ketones is 2. The summed E-state index contributed by atoms with van der Waals surface area (Å²) in [5.74, 6) is -8.34.